The summed E-state index contributed by atoms with van der Waals surface area (Å²) in [5.41, 5.74) is 4.49. The average Bonchev–Trinajstić information content (AvgIpc) is 3.11. The van der Waals surface area contributed by atoms with Gasteiger partial charge in [0, 0.05) is 5.69 Å². The number of nitrogens with one attached hydrogen (secondary N) is 1. The first-order valence-electron chi connectivity index (χ1n) is 11.4. The molecule has 9 heteroatoms. The van der Waals surface area contributed by atoms with E-state index in [1.165, 1.54) is 5.56 Å². The molecule has 0 unspecified atom stereocenters. The van der Waals surface area contributed by atoms with Gasteiger partial charge in [-0.3, -0.25) is 19.3 Å². The number of anilines is 1. The number of carbonyl (C=O) groups is 3. The fourth-order valence-electron chi connectivity index (χ4n) is 3.66. The molecular formula is C28H25IN2O5S. The molecule has 37 heavy (non-hydrogen) atoms. The molecule has 0 spiro atoms. The number of aryl methyl sites for hydroxylation is 2. The Morgan fingerprint density at radius 1 is 1.05 bits per heavy atom. The van der Waals surface area contributed by atoms with Crippen LogP contribution in [0.25, 0.3) is 6.08 Å². The SMILES string of the molecule is COc1cc(/C=C2\SC(=O)N(CC(=O)Nc3cccc(C)c3)C2=O)cc(I)c1OCc1ccc(C)cc1. The normalized spacial score (nSPS) is 14.3. The third-order valence-electron chi connectivity index (χ3n) is 5.53. The lowest BCUT2D eigenvalue weighted by Gasteiger charge is -2.14. The molecule has 190 valence electrons. The lowest BCUT2D eigenvalue weighted by Crippen LogP contribution is -2.36. The molecule has 1 aliphatic rings. The Labute approximate surface area is 233 Å². The van der Waals surface area contributed by atoms with E-state index in [0.717, 1.165) is 31.4 Å². The second-order valence-electron chi connectivity index (χ2n) is 8.49. The number of hydrogen-bond donors (Lipinski definition) is 1. The fourth-order valence-corrected chi connectivity index (χ4v) is 5.28. The highest BCUT2D eigenvalue weighted by molar-refractivity contribution is 14.1. The molecule has 1 N–H and O–H groups in total. The maximum atomic E-state index is 12.9. The fraction of sp³-hybridized carbons (Fsp3) is 0.179. The van der Waals surface area contributed by atoms with Crippen LogP contribution in [0.3, 0.4) is 0 Å². The predicted octanol–water partition coefficient (Wildman–Crippen LogP) is 6.17. The largest absolute Gasteiger partial charge is 0.493 e. The molecule has 1 heterocycles. The van der Waals surface area contributed by atoms with Crippen molar-refractivity contribution < 1.29 is 23.9 Å². The van der Waals surface area contributed by atoms with E-state index in [4.69, 9.17) is 9.47 Å². The first-order valence-corrected chi connectivity index (χ1v) is 13.3. The van der Waals surface area contributed by atoms with Gasteiger partial charge in [-0.2, -0.15) is 0 Å². The number of hydrogen-bond acceptors (Lipinski definition) is 6. The van der Waals surface area contributed by atoms with E-state index in [1.807, 2.05) is 62.4 Å². The number of carbonyl (C=O) groups excluding carboxylic acids is 3. The van der Waals surface area contributed by atoms with Gasteiger partial charge in [0.2, 0.25) is 5.91 Å². The molecular weight excluding hydrogens is 603 g/mol. The number of ether oxygens (including phenoxy) is 2. The minimum Gasteiger partial charge on any atom is -0.493 e. The summed E-state index contributed by atoms with van der Waals surface area (Å²) >= 11 is 2.96. The molecule has 1 aliphatic heterocycles. The van der Waals surface area contributed by atoms with Gasteiger partial charge >= 0.3 is 0 Å². The Kier molecular flexibility index (Phi) is 8.55. The van der Waals surface area contributed by atoms with Gasteiger partial charge in [-0.15, -0.1) is 0 Å². The van der Waals surface area contributed by atoms with Gasteiger partial charge in [0.1, 0.15) is 13.2 Å². The van der Waals surface area contributed by atoms with E-state index >= 15 is 0 Å². The Morgan fingerprint density at radius 2 is 1.81 bits per heavy atom. The van der Waals surface area contributed by atoms with Gasteiger partial charge in [-0.25, -0.2) is 0 Å². The zero-order valence-electron chi connectivity index (χ0n) is 20.5. The van der Waals surface area contributed by atoms with E-state index in [0.29, 0.717) is 29.4 Å². The van der Waals surface area contributed by atoms with Gasteiger partial charge in [0.25, 0.3) is 11.1 Å². The number of thioether (sulfide) groups is 1. The number of nitrogens with zero attached hydrogens (tertiary/aromatic N) is 1. The van der Waals surface area contributed by atoms with Crippen molar-refractivity contribution in [1.29, 1.82) is 0 Å². The van der Waals surface area contributed by atoms with Crippen molar-refractivity contribution in [2.45, 2.75) is 20.5 Å². The molecule has 1 fully saturated rings. The molecule has 4 rings (SSSR count). The third kappa shape index (κ3) is 6.72. The smallest absolute Gasteiger partial charge is 0.294 e. The Balaban J connectivity index is 1.46. The van der Waals surface area contributed by atoms with Crippen LogP contribution in [-0.2, 0) is 16.2 Å². The number of halogens is 1. The van der Waals surface area contributed by atoms with Crippen LogP contribution in [0.15, 0.2) is 65.6 Å². The number of rotatable bonds is 8. The zero-order chi connectivity index (χ0) is 26.5. The Morgan fingerprint density at radius 3 is 2.51 bits per heavy atom. The van der Waals surface area contributed by atoms with Gasteiger partial charge in [-0.05, 0) is 95.2 Å². The summed E-state index contributed by atoms with van der Waals surface area (Å²) in [6.45, 7) is 3.97. The summed E-state index contributed by atoms with van der Waals surface area (Å²) in [5, 5.41) is 2.23. The van der Waals surface area contributed by atoms with Crippen molar-refractivity contribution in [1.82, 2.24) is 4.90 Å². The van der Waals surface area contributed by atoms with Crippen LogP contribution in [0.2, 0.25) is 0 Å². The quantitative estimate of drug-likeness (QED) is 0.237. The minimum atomic E-state index is -0.511. The highest BCUT2D eigenvalue weighted by Crippen LogP contribution is 2.37. The number of benzene rings is 3. The van der Waals surface area contributed by atoms with Crippen molar-refractivity contribution in [3.63, 3.8) is 0 Å². The standard InChI is InChI=1S/C28H25IN2O5S/c1-17-7-9-19(10-8-17)16-36-26-22(29)12-20(13-23(26)35-3)14-24-27(33)31(28(34)37-24)15-25(32)30-21-6-4-5-18(2)11-21/h4-14H,15-16H2,1-3H3,(H,30,32)/b24-14-. The molecule has 0 atom stereocenters. The summed E-state index contributed by atoms with van der Waals surface area (Å²) in [6.07, 6.45) is 1.62. The van der Waals surface area contributed by atoms with Gasteiger partial charge in [-0.1, -0.05) is 42.0 Å². The highest BCUT2D eigenvalue weighted by Gasteiger charge is 2.36. The van der Waals surface area contributed by atoms with Gasteiger partial charge < -0.3 is 14.8 Å². The molecule has 3 amide bonds. The van der Waals surface area contributed by atoms with Crippen LogP contribution in [0.5, 0.6) is 11.5 Å². The van der Waals surface area contributed by atoms with Crippen LogP contribution < -0.4 is 14.8 Å². The summed E-state index contributed by atoms with van der Waals surface area (Å²) in [4.78, 5) is 39.1. The first-order chi connectivity index (χ1) is 17.7. The minimum absolute atomic E-state index is 0.236. The summed E-state index contributed by atoms with van der Waals surface area (Å²) < 4.78 is 12.4. The summed E-state index contributed by atoms with van der Waals surface area (Å²) in [6, 6.07) is 19.0. The molecule has 0 radical (unpaired) electrons. The molecule has 0 aromatic heterocycles. The third-order valence-corrected chi connectivity index (χ3v) is 7.24. The second-order valence-corrected chi connectivity index (χ2v) is 10.6. The maximum Gasteiger partial charge on any atom is 0.294 e. The van der Waals surface area contributed by atoms with Crippen molar-refractivity contribution in [3.05, 3.63) is 91.4 Å². The number of amides is 3. The van der Waals surface area contributed by atoms with Crippen LogP contribution >= 0.6 is 34.4 Å². The molecule has 0 saturated carbocycles. The van der Waals surface area contributed by atoms with Crippen molar-refractivity contribution in [2.24, 2.45) is 0 Å². The topological polar surface area (TPSA) is 84.9 Å². The van der Waals surface area contributed by atoms with E-state index < -0.39 is 17.1 Å². The van der Waals surface area contributed by atoms with E-state index in [1.54, 1.807) is 25.3 Å². The lowest BCUT2D eigenvalue weighted by atomic mass is 10.1. The average molecular weight is 628 g/mol. The highest BCUT2D eigenvalue weighted by atomic mass is 127. The Bertz CT molecular complexity index is 1390. The van der Waals surface area contributed by atoms with Crippen LogP contribution in [-0.4, -0.2) is 35.6 Å². The molecule has 3 aromatic rings. The monoisotopic (exact) mass is 628 g/mol. The molecule has 7 nitrogen and oxygen atoms in total. The van der Waals surface area contributed by atoms with E-state index in [2.05, 4.69) is 27.9 Å². The van der Waals surface area contributed by atoms with Gasteiger partial charge in [0.15, 0.2) is 11.5 Å². The van der Waals surface area contributed by atoms with E-state index in [9.17, 15) is 14.4 Å². The number of methoxy groups -OCH3 is 1. The molecule has 1 saturated heterocycles. The predicted molar refractivity (Wildman–Crippen MR) is 154 cm³/mol. The molecule has 0 aliphatic carbocycles. The second kappa shape index (κ2) is 11.8. The summed E-state index contributed by atoms with van der Waals surface area (Å²) in [7, 11) is 1.55. The van der Waals surface area contributed by atoms with Crippen LogP contribution in [0.1, 0.15) is 22.3 Å². The van der Waals surface area contributed by atoms with Crippen molar-refractivity contribution in [3.8, 4) is 11.5 Å². The van der Waals surface area contributed by atoms with Crippen LogP contribution in [0, 0.1) is 17.4 Å². The van der Waals surface area contributed by atoms with E-state index in [-0.39, 0.29) is 11.4 Å². The van der Waals surface area contributed by atoms with Crippen LogP contribution in [0.4, 0.5) is 10.5 Å². The molecule has 0 bridgehead atoms. The lowest BCUT2D eigenvalue weighted by molar-refractivity contribution is -0.127. The summed E-state index contributed by atoms with van der Waals surface area (Å²) in [5.74, 6) is 0.160. The first kappa shape index (κ1) is 26.7. The van der Waals surface area contributed by atoms with Crippen molar-refractivity contribution >= 4 is 63.2 Å². The number of imide groups is 1. The van der Waals surface area contributed by atoms with Crippen molar-refractivity contribution in [2.75, 3.05) is 19.0 Å². The zero-order valence-corrected chi connectivity index (χ0v) is 23.5. The Hall–Kier alpha value is -3.31. The maximum absolute atomic E-state index is 12.9. The van der Waals surface area contributed by atoms with Gasteiger partial charge in [0.05, 0.1) is 15.6 Å². The molecule has 3 aromatic carbocycles.